The van der Waals surface area contributed by atoms with Crippen LogP contribution in [-0.2, 0) is 9.59 Å². The van der Waals surface area contributed by atoms with E-state index in [2.05, 4.69) is 26.6 Å². The van der Waals surface area contributed by atoms with Gasteiger partial charge in [0.25, 0.3) is 5.91 Å². The fourth-order valence-corrected chi connectivity index (χ4v) is 5.63. The lowest BCUT2D eigenvalue weighted by atomic mass is 9.81. The second-order valence-electron chi connectivity index (χ2n) is 10.1. The highest BCUT2D eigenvalue weighted by Crippen LogP contribution is 2.35. The van der Waals surface area contributed by atoms with E-state index in [1.807, 2.05) is 54.4 Å². The van der Waals surface area contributed by atoms with Crippen LogP contribution in [0.2, 0.25) is 5.02 Å². The monoisotopic (exact) mass is 625 g/mol. The summed E-state index contributed by atoms with van der Waals surface area (Å²) in [6.45, 7) is 1.80. The van der Waals surface area contributed by atoms with Gasteiger partial charge in [0.15, 0.2) is 0 Å². The number of methoxy groups -OCH3 is 1. The maximum atomic E-state index is 12.9. The minimum Gasteiger partial charge on any atom is -0.496 e. The summed E-state index contributed by atoms with van der Waals surface area (Å²) in [6, 6.07) is 19.9. The first-order chi connectivity index (χ1) is 19.2. The molecule has 1 fully saturated rings. The van der Waals surface area contributed by atoms with Gasteiger partial charge in [-0.05, 0) is 92.6 Å². The Morgan fingerprint density at radius 3 is 2.23 bits per heavy atom. The van der Waals surface area contributed by atoms with E-state index in [-0.39, 0.29) is 11.9 Å². The van der Waals surface area contributed by atoms with Crippen LogP contribution in [0.1, 0.15) is 66.1 Å². The van der Waals surface area contributed by atoms with Crippen LogP contribution >= 0.6 is 27.5 Å². The highest BCUT2D eigenvalue weighted by molar-refractivity contribution is 9.10. The average Bonchev–Trinajstić information content (AvgIpc) is 2.97. The molecule has 3 amide bonds. The van der Waals surface area contributed by atoms with E-state index in [9.17, 15) is 14.4 Å². The molecule has 1 saturated carbocycles. The van der Waals surface area contributed by atoms with Gasteiger partial charge in [0.05, 0.1) is 13.2 Å². The number of halogens is 2. The van der Waals surface area contributed by atoms with Gasteiger partial charge in [-0.15, -0.1) is 0 Å². The summed E-state index contributed by atoms with van der Waals surface area (Å²) in [5.41, 5.74) is 3.15. The molecular weight excluding hydrogens is 594 g/mol. The molecule has 0 radical (unpaired) electrons. The van der Waals surface area contributed by atoms with Gasteiger partial charge in [0.2, 0.25) is 0 Å². The molecule has 0 aliphatic heterocycles. The fourth-order valence-electron chi connectivity index (χ4n) is 5.17. The second kappa shape index (κ2) is 13.3. The Kier molecular flexibility index (Phi) is 9.87. The van der Waals surface area contributed by atoms with Crippen LogP contribution in [0.3, 0.4) is 0 Å². The van der Waals surface area contributed by atoms with Gasteiger partial charge in [0, 0.05) is 39.4 Å². The van der Waals surface area contributed by atoms with Crippen molar-refractivity contribution in [2.45, 2.75) is 50.6 Å². The van der Waals surface area contributed by atoms with Crippen LogP contribution in [0.15, 0.2) is 71.2 Å². The zero-order valence-electron chi connectivity index (χ0n) is 22.7. The largest absolute Gasteiger partial charge is 0.496 e. The van der Waals surface area contributed by atoms with Crippen LogP contribution in [0.5, 0.6) is 5.75 Å². The number of amides is 3. The molecule has 40 heavy (non-hydrogen) atoms. The van der Waals surface area contributed by atoms with Gasteiger partial charge in [-0.25, -0.2) is 0 Å². The Hall–Kier alpha value is -3.36. The summed E-state index contributed by atoms with van der Waals surface area (Å²) < 4.78 is 6.25. The molecule has 4 rings (SSSR count). The summed E-state index contributed by atoms with van der Waals surface area (Å²) in [6.07, 6.45) is 3.77. The molecule has 1 unspecified atom stereocenters. The third kappa shape index (κ3) is 7.23. The zero-order valence-corrected chi connectivity index (χ0v) is 25.1. The van der Waals surface area contributed by atoms with Crippen LogP contribution in [0.25, 0.3) is 0 Å². The summed E-state index contributed by atoms with van der Waals surface area (Å²) in [5.74, 6) is -0.451. The molecule has 1 aliphatic carbocycles. The number of rotatable bonds is 7. The number of nitrogens with one attached hydrogen (secondary N) is 2. The number of ether oxygens (including phenoxy) is 1. The Labute approximate surface area is 248 Å². The van der Waals surface area contributed by atoms with E-state index in [4.69, 9.17) is 16.3 Å². The Bertz CT molecular complexity index is 1360. The van der Waals surface area contributed by atoms with E-state index in [1.165, 1.54) is 5.56 Å². The van der Waals surface area contributed by atoms with Crippen molar-refractivity contribution in [3.63, 3.8) is 0 Å². The van der Waals surface area contributed by atoms with Crippen molar-refractivity contribution in [2.24, 2.45) is 0 Å². The number of carbonyl (C=O) groups is 3. The van der Waals surface area contributed by atoms with Crippen LogP contribution in [0.4, 0.5) is 5.69 Å². The molecule has 3 aromatic carbocycles. The minimum absolute atomic E-state index is 0.00891. The van der Waals surface area contributed by atoms with Crippen molar-refractivity contribution in [2.75, 3.05) is 19.5 Å². The molecular formula is C31H33BrClN3O4. The molecule has 7 nitrogen and oxygen atoms in total. The van der Waals surface area contributed by atoms with Gasteiger partial charge in [-0.2, -0.15) is 0 Å². The first-order valence-corrected chi connectivity index (χ1v) is 14.4. The summed E-state index contributed by atoms with van der Waals surface area (Å²) in [7, 11) is 3.43. The van der Waals surface area contributed by atoms with E-state index in [0.29, 0.717) is 27.9 Å². The van der Waals surface area contributed by atoms with E-state index in [0.717, 1.165) is 35.7 Å². The molecule has 1 aliphatic rings. The van der Waals surface area contributed by atoms with Crippen LogP contribution in [-0.4, -0.2) is 42.8 Å². The first kappa shape index (κ1) is 29.6. The van der Waals surface area contributed by atoms with Crippen molar-refractivity contribution in [3.05, 3.63) is 92.9 Å². The van der Waals surface area contributed by atoms with Crippen molar-refractivity contribution < 1.29 is 19.1 Å². The van der Waals surface area contributed by atoms with Gasteiger partial charge in [0.1, 0.15) is 5.75 Å². The van der Waals surface area contributed by atoms with Crippen LogP contribution < -0.4 is 15.4 Å². The summed E-state index contributed by atoms with van der Waals surface area (Å²) in [4.78, 5) is 39.8. The molecule has 0 spiro atoms. The maximum absolute atomic E-state index is 12.9. The first-order valence-electron chi connectivity index (χ1n) is 13.2. The fraction of sp³-hybridized carbons (Fsp3) is 0.323. The molecule has 3 aromatic rings. The van der Waals surface area contributed by atoms with E-state index >= 15 is 0 Å². The third-order valence-electron chi connectivity index (χ3n) is 7.51. The van der Waals surface area contributed by atoms with Gasteiger partial charge in [-0.3, -0.25) is 14.4 Å². The number of hydrogen-bond acceptors (Lipinski definition) is 4. The lowest BCUT2D eigenvalue weighted by Gasteiger charge is -2.35. The topological polar surface area (TPSA) is 87.7 Å². The second-order valence-corrected chi connectivity index (χ2v) is 11.4. The van der Waals surface area contributed by atoms with Crippen LogP contribution in [0, 0.1) is 0 Å². The van der Waals surface area contributed by atoms with Crippen molar-refractivity contribution in [1.82, 2.24) is 10.2 Å². The highest BCUT2D eigenvalue weighted by atomic mass is 79.9. The molecule has 9 heteroatoms. The quantitative estimate of drug-likeness (QED) is 0.285. The van der Waals surface area contributed by atoms with Crippen molar-refractivity contribution >= 4 is 50.9 Å². The molecule has 2 N–H and O–H groups in total. The summed E-state index contributed by atoms with van der Waals surface area (Å²) >= 11 is 9.35. The smallest absolute Gasteiger partial charge is 0.313 e. The Balaban J connectivity index is 1.27. The molecule has 0 saturated heterocycles. The number of carbonyl (C=O) groups excluding carboxylic acids is 3. The lowest BCUT2D eigenvalue weighted by Crippen LogP contribution is -2.39. The number of anilines is 1. The molecule has 0 heterocycles. The normalized spacial score (nSPS) is 17.4. The number of benzene rings is 3. The standard InChI is InChI=1S/C31H33BrClN3O4/c1-19(27-17-10-23(32)18-28(27)40-3)34-29(37)30(38)35-25-13-6-20(7-14-25)21-8-15-26(16-9-21)36(2)31(39)22-4-11-24(33)12-5-22/h4-7,10-14,17-19,21,26H,8-9,15-16H2,1-3H3,(H,34,37)(H,35,38). The van der Waals surface area contributed by atoms with Gasteiger partial charge < -0.3 is 20.3 Å². The SMILES string of the molecule is COc1cc(Br)ccc1C(C)NC(=O)C(=O)Nc1ccc(C2CCC(N(C)C(=O)c3ccc(Cl)cc3)CC2)cc1. The van der Waals surface area contributed by atoms with E-state index in [1.54, 1.807) is 38.3 Å². The Morgan fingerprint density at radius 1 is 0.950 bits per heavy atom. The summed E-state index contributed by atoms with van der Waals surface area (Å²) in [5, 5.41) is 6.02. The van der Waals surface area contributed by atoms with Crippen molar-refractivity contribution in [3.8, 4) is 5.75 Å². The molecule has 210 valence electrons. The Morgan fingerprint density at radius 2 is 1.60 bits per heavy atom. The minimum atomic E-state index is -0.732. The predicted octanol–water partition coefficient (Wildman–Crippen LogP) is 6.73. The highest BCUT2D eigenvalue weighted by Gasteiger charge is 2.28. The third-order valence-corrected chi connectivity index (χ3v) is 8.26. The molecule has 0 aromatic heterocycles. The maximum Gasteiger partial charge on any atom is 0.313 e. The predicted molar refractivity (Wildman–Crippen MR) is 161 cm³/mol. The molecule has 1 atom stereocenters. The number of hydrogen-bond donors (Lipinski definition) is 2. The van der Waals surface area contributed by atoms with Gasteiger partial charge in [-0.1, -0.05) is 45.7 Å². The number of nitrogens with zero attached hydrogens (tertiary/aromatic N) is 1. The average molecular weight is 627 g/mol. The lowest BCUT2D eigenvalue weighted by molar-refractivity contribution is -0.136. The zero-order chi connectivity index (χ0) is 28.8. The molecule has 0 bridgehead atoms. The van der Waals surface area contributed by atoms with Gasteiger partial charge >= 0.3 is 11.8 Å². The van der Waals surface area contributed by atoms with Crippen molar-refractivity contribution in [1.29, 1.82) is 0 Å². The van der Waals surface area contributed by atoms with E-state index < -0.39 is 17.9 Å².